The molecule has 130 valence electrons. The molecule has 0 spiro atoms. The molecule has 2 atom stereocenters. The van der Waals surface area contributed by atoms with Gasteiger partial charge in [0.05, 0.1) is 11.4 Å². The van der Waals surface area contributed by atoms with Gasteiger partial charge in [0, 0.05) is 38.8 Å². The van der Waals surface area contributed by atoms with Gasteiger partial charge in [0.2, 0.25) is 5.91 Å². The molecule has 0 unspecified atom stereocenters. The summed E-state index contributed by atoms with van der Waals surface area (Å²) in [4.78, 5) is 38.3. The van der Waals surface area contributed by atoms with Crippen LogP contribution in [0, 0.1) is 11.3 Å². The van der Waals surface area contributed by atoms with E-state index in [1.165, 1.54) is 0 Å². The molecular weight excluding hydrogens is 322 g/mol. The normalized spacial score (nSPS) is 26.0. The van der Waals surface area contributed by atoms with Crippen LogP contribution in [0.2, 0.25) is 0 Å². The third-order valence-electron chi connectivity index (χ3n) is 5.54. The predicted molar refractivity (Wildman–Crippen MR) is 91.0 cm³/mol. The van der Waals surface area contributed by atoms with E-state index in [1.54, 1.807) is 11.6 Å². The number of fused-ring (bicyclic) bond motifs is 2. The number of nitrogens with zero attached hydrogens (tertiary/aromatic N) is 2. The number of aryl methyl sites for hydroxylation is 1. The molecule has 0 aliphatic carbocycles. The topological polar surface area (TPSA) is 91.6 Å². The van der Waals surface area contributed by atoms with Crippen LogP contribution in [0.15, 0.2) is 35.1 Å². The van der Waals surface area contributed by atoms with E-state index in [1.807, 2.05) is 35.2 Å². The lowest BCUT2D eigenvalue weighted by molar-refractivity contribution is -0.149. The molecule has 0 bridgehead atoms. The largest absolute Gasteiger partial charge is 0.481 e. The van der Waals surface area contributed by atoms with Gasteiger partial charge in [-0.15, -0.1) is 0 Å². The molecule has 2 fully saturated rings. The van der Waals surface area contributed by atoms with Gasteiger partial charge in [-0.3, -0.25) is 19.3 Å². The zero-order valence-electron chi connectivity index (χ0n) is 13.9. The van der Waals surface area contributed by atoms with Crippen molar-refractivity contribution in [2.75, 3.05) is 19.6 Å². The molecule has 2 saturated heterocycles. The fraction of sp³-hybridized carbons (Fsp3) is 0.389. The molecule has 4 rings (SSSR count). The van der Waals surface area contributed by atoms with Crippen molar-refractivity contribution in [3.8, 4) is 0 Å². The number of pyridine rings is 1. The van der Waals surface area contributed by atoms with E-state index in [9.17, 15) is 19.5 Å². The highest BCUT2D eigenvalue weighted by atomic mass is 16.4. The van der Waals surface area contributed by atoms with Gasteiger partial charge in [0.25, 0.3) is 5.56 Å². The van der Waals surface area contributed by atoms with E-state index < -0.39 is 17.3 Å². The number of hydrogen-bond donors (Lipinski definition) is 2. The van der Waals surface area contributed by atoms with Gasteiger partial charge in [-0.05, 0) is 17.5 Å². The maximum absolute atomic E-state index is 12.6. The van der Waals surface area contributed by atoms with Crippen LogP contribution in [0.4, 0.5) is 0 Å². The smallest absolute Gasteiger partial charge is 0.313 e. The number of benzene rings is 1. The Bertz CT molecular complexity index is 951. The second kappa shape index (κ2) is 5.42. The number of nitrogens with one attached hydrogen (secondary N) is 1. The van der Waals surface area contributed by atoms with Crippen molar-refractivity contribution in [1.82, 2.24) is 14.8 Å². The van der Waals surface area contributed by atoms with Gasteiger partial charge < -0.3 is 15.0 Å². The number of carboxylic acid groups (broad SMARTS) is 1. The van der Waals surface area contributed by atoms with Crippen LogP contribution in [-0.2, 0) is 23.2 Å². The van der Waals surface area contributed by atoms with Gasteiger partial charge >= 0.3 is 5.97 Å². The summed E-state index contributed by atoms with van der Waals surface area (Å²) in [5.74, 6) is -1.73. The van der Waals surface area contributed by atoms with E-state index in [-0.39, 0.29) is 24.6 Å². The quantitative estimate of drug-likeness (QED) is 0.830. The average molecular weight is 341 g/mol. The number of carbonyl (C=O) groups excluding carboxylic acids is 1. The summed E-state index contributed by atoms with van der Waals surface area (Å²) in [7, 11) is 1.74. The number of amides is 1. The Hall–Kier alpha value is -2.67. The molecule has 0 radical (unpaired) electrons. The van der Waals surface area contributed by atoms with Gasteiger partial charge in [-0.2, -0.15) is 0 Å². The maximum atomic E-state index is 12.6. The van der Waals surface area contributed by atoms with Crippen molar-refractivity contribution in [1.29, 1.82) is 0 Å². The fourth-order valence-electron chi connectivity index (χ4n) is 4.14. The SMILES string of the molecule is Cn1c(=O)c(CN2C[C@H]3C(=O)NC[C@@]3(C(=O)O)C2)cc2ccccc21. The van der Waals surface area contributed by atoms with Crippen molar-refractivity contribution in [2.24, 2.45) is 18.4 Å². The van der Waals surface area contributed by atoms with E-state index >= 15 is 0 Å². The molecule has 2 N–H and O–H groups in total. The number of aliphatic carboxylic acids is 1. The van der Waals surface area contributed by atoms with E-state index in [0.717, 1.165) is 10.9 Å². The summed E-state index contributed by atoms with van der Waals surface area (Å²) < 4.78 is 1.61. The Morgan fingerprint density at radius 1 is 1.36 bits per heavy atom. The summed E-state index contributed by atoms with van der Waals surface area (Å²) in [5, 5.41) is 13.3. The Labute approximate surface area is 143 Å². The van der Waals surface area contributed by atoms with Crippen LogP contribution < -0.4 is 10.9 Å². The van der Waals surface area contributed by atoms with Gasteiger partial charge in [-0.1, -0.05) is 18.2 Å². The summed E-state index contributed by atoms with van der Waals surface area (Å²) in [6.45, 7) is 1.12. The number of likely N-dealkylation sites (tertiary alicyclic amines) is 1. The molecule has 0 saturated carbocycles. The zero-order valence-corrected chi connectivity index (χ0v) is 13.9. The number of carbonyl (C=O) groups is 2. The lowest BCUT2D eigenvalue weighted by Gasteiger charge is -2.22. The summed E-state index contributed by atoms with van der Waals surface area (Å²) in [6, 6.07) is 9.51. The summed E-state index contributed by atoms with van der Waals surface area (Å²) >= 11 is 0. The molecule has 7 nitrogen and oxygen atoms in total. The molecular formula is C18H19N3O4. The minimum absolute atomic E-state index is 0.0930. The van der Waals surface area contributed by atoms with Crippen molar-refractivity contribution >= 4 is 22.8 Å². The average Bonchev–Trinajstić information content (AvgIpc) is 3.11. The van der Waals surface area contributed by atoms with Crippen molar-refractivity contribution in [2.45, 2.75) is 6.54 Å². The van der Waals surface area contributed by atoms with Crippen LogP contribution in [0.1, 0.15) is 5.56 Å². The third-order valence-corrected chi connectivity index (χ3v) is 5.54. The molecule has 2 aromatic rings. The van der Waals surface area contributed by atoms with Gasteiger partial charge in [0.1, 0.15) is 5.41 Å². The highest BCUT2D eigenvalue weighted by molar-refractivity contribution is 5.92. The van der Waals surface area contributed by atoms with Crippen LogP contribution in [0.3, 0.4) is 0 Å². The fourth-order valence-corrected chi connectivity index (χ4v) is 4.14. The molecule has 1 aromatic carbocycles. The second-order valence-electron chi connectivity index (χ2n) is 6.99. The van der Waals surface area contributed by atoms with Crippen molar-refractivity contribution in [3.63, 3.8) is 0 Å². The molecule has 3 heterocycles. The lowest BCUT2D eigenvalue weighted by Crippen LogP contribution is -2.40. The first-order valence-electron chi connectivity index (χ1n) is 8.23. The molecule has 2 aliphatic heterocycles. The number of carboxylic acids is 1. The minimum Gasteiger partial charge on any atom is -0.481 e. The predicted octanol–water partition coefficient (Wildman–Crippen LogP) is 0.171. The number of aromatic nitrogens is 1. The Balaban J connectivity index is 1.67. The zero-order chi connectivity index (χ0) is 17.8. The van der Waals surface area contributed by atoms with Gasteiger partial charge in [-0.25, -0.2) is 0 Å². The first-order chi connectivity index (χ1) is 11.9. The van der Waals surface area contributed by atoms with E-state index in [0.29, 0.717) is 18.7 Å². The Kier molecular flexibility index (Phi) is 3.43. The molecule has 1 amide bonds. The Morgan fingerprint density at radius 2 is 2.12 bits per heavy atom. The summed E-state index contributed by atoms with van der Waals surface area (Å²) in [5.41, 5.74) is 0.293. The molecule has 1 aromatic heterocycles. The second-order valence-corrected chi connectivity index (χ2v) is 6.99. The van der Waals surface area contributed by atoms with Crippen LogP contribution >= 0.6 is 0 Å². The first-order valence-corrected chi connectivity index (χ1v) is 8.23. The Morgan fingerprint density at radius 3 is 2.84 bits per heavy atom. The highest BCUT2D eigenvalue weighted by Crippen LogP contribution is 2.40. The summed E-state index contributed by atoms with van der Waals surface area (Å²) in [6.07, 6.45) is 0. The number of para-hydroxylation sites is 1. The number of hydrogen-bond acceptors (Lipinski definition) is 4. The standard InChI is InChI=1S/C18H19N3O4/c1-20-14-5-3-2-4-11(14)6-12(16(20)23)7-21-8-13-15(22)19-9-18(13,10-21)17(24)25/h2-6,13H,7-10H2,1H3,(H,19,22)(H,24,25)/t13-,18+/m0/s1. The van der Waals surface area contributed by atoms with Crippen molar-refractivity contribution in [3.05, 3.63) is 46.2 Å². The maximum Gasteiger partial charge on any atom is 0.313 e. The first kappa shape index (κ1) is 15.8. The molecule has 2 aliphatic rings. The monoisotopic (exact) mass is 341 g/mol. The van der Waals surface area contributed by atoms with Gasteiger partial charge in [0.15, 0.2) is 0 Å². The van der Waals surface area contributed by atoms with Crippen LogP contribution in [-0.4, -0.2) is 46.1 Å². The lowest BCUT2D eigenvalue weighted by atomic mass is 9.81. The van der Waals surface area contributed by atoms with Crippen LogP contribution in [0.25, 0.3) is 10.9 Å². The molecule has 25 heavy (non-hydrogen) atoms. The van der Waals surface area contributed by atoms with Crippen molar-refractivity contribution < 1.29 is 14.7 Å². The third kappa shape index (κ3) is 2.26. The van der Waals surface area contributed by atoms with E-state index in [4.69, 9.17) is 0 Å². The highest BCUT2D eigenvalue weighted by Gasteiger charge is 2.59. The van der Waals surface area contributed by atoms with E-state index in [2.05, 4.69) is 5.32 Å². The molecule has 7 heteroatoms. The minimum atomic E-state index is -1.08. The van der Waals surface area contributed by atoms with Crippen LogP contribution in [0.5, 0.6) is 0 Å². The number of rotatable bonds is 3.